The van der Waals surface area contributed by atoms with Gasteiger partial charge in [0.05, 0.1) is 0 Å². The molecule has 0 bridgehead atoms. The molecule has 1 atom stereocenters. The van der Waals surface area contributed by atoms with E-state index in [2.05, 4.69) is 6.58 Å². The number of carbonyl (C=O) groups is 1. The van der Waals surface area contributed by atoms with E-state index >= 15 is 0 Å². The highest BCUT2D eigenvalue weighted by Crippen LogP contribution is 2.47. The molecule has 0 spiro atoms. The summed E-state index contributed by atoms with van der Waals surface area (Å²) < 4.78 is 17.2. The van der Waals surface area contributed by atoms with Gasteiger partial charge in [-0.05, 0) is 24.6 Å². The van der Waals surface area contributed by atoms with Crippen molar-refractivity contribution in [2.75, 3.05) is 7.11 Å². The van der Waals surface area contributed by atoms with Gasteiger partial charge in [0.1, 0.15) is 0 Å². The SMILES string of the molecule is C=C(C)C(=O)P(=O)(OC)c1ccccc1. The summed E-state index contributed by atoms with van der Waals surface area (Å²) >= 11 is 0. The fraction of sp³-hybridized carbons (Fsp3) is 0.182. The summed E-state index contributed by atoms with van der Waals surface area (Å²) in [6, 6.07) is 8.45. The van der Waals surface area contributed by atoms with Crippen LogP contribution >= 0.6 is 7.37 Å². The predicted molar refractivity (Wildman–Crippen MR) is 60.5 cm³/mol. The van der Waals surface area contributed by atoms with Crippen LogP contribution in [0.1, 0.15) is 6.92 Å². The van der Waals surface area contributed by atoms with Crippen molar-refractivity contribution in [2.24, 2.45) is 0 Å². The molecule has 0 fully saturated rings. The Balaban J connectivity index is 3.24. The van der Waals surface area contributed by atoms with Crippen LogP contribution in [-0.2, 0) is 13.9 Å². The first kappa shape index (κ1) is 11.9. The molecular weight excluding hydrogens is 211 g/mol. The van der Waals surface area contributed by atoms with Crippen LogP contribution in [0, 0.1) is 0 Å². The Bertz CT molecular complexity index is 423. The molecule has 0 aromatic heterocycles. The molecule has 0 saturated heterocycles. The maximum absolute atomic E-state index is 12.3. The number of carbonyl (C=O) groups excluding carboxylic acids is 1. The molecule has 0 radical (unpaired) electrons. The number of hydrogen-bond acceptors (Lipinski definition) is 3. The van der Waals surface area contributed by atoms with Gasteiger partial charge in [0, 0.05) is 12.4 Å². The average molecular weight is 224 g/mol. The van der Waals surface area contributed by atoms with Crippen molar-refractivity contribution in [1.82, 2.24) is 0 Å². The molecule has 1 aromatic rings. The van der Waals surface area contributed by atoms with Crippen LogP contribution in [0.4, 0.5) is 0 Å². The van der Waals surface area contributed by atoms with Gasteiger partial charge in [-0.15, -0.1) is 0 Å². The molecule has 0 aliphatic heterocycles. The van der Waals surface area contributed by atoms with E-state index in [9.17, 15) is 9.36 Å². The molecule has 1 rings (SSSR count). The van der Waals surface area contributed by atoms with Crippen LogP contribution < -0.4 is 5.30 Å². The molecular formula is C11H13O3P. The van der Waals surface area contributed by atoms with Gasteiger partial charge in [0.15, 0.2) is 0 Å². The minimum absolute atomic E-state index is 0.240. The molecule has 0 N–H and O–H groups in total. The van der Waals surface area contributed by atoms with Crippen LogP contribution in [0.25, 0.3) is 0 Å². The van der Waals surface area contributed by atoms with Gasteiger partial charge in [-0.25, -0.2) is 0 Å². The summed E-state index contributed by atoms with van der Waals surface area (Å²) in [4.78, 5) is 11.7. The summed E-state index contributed by atoms with van der Waals surface area (Å²) in [6.45, 7) is 5.02. The van der Waals surface area contributed by atoms with E-state index in [1.54, 1.807) is 30.3 Å². The Morgan fingerprint density at radius 1 is 1.33 bits per heavy atom. The zero-order valence-electron chi connectivity index (χ0n) is 8.77. The summed E-state index contributed by atoms with van der Waals surface area (Å²) in [5, 5.41) is 0.403. The van der Waals surface area contributed by atoms with E-state index < -0.39 is 12.9 Å². The minimum atomic E-state index is -3.44. The van der Waals surface area contributed by atoms with Crippen molar-refractivity contribution in [3.8, 4) is 0 Å². The Labute approximate surface area is 89.2 Å². The lowest BCUT2D eigenvalue weighted by Crippen LogP contribution is -2.14. The third-order valence-electron chi connectivity index (χ3n) is 1.99. The standard InChI is InChI=1S/C11H13O3P/c1-9(2)11(12)15(13,14-3)10-7-5-4-6-8-10/h4-8H,1H2,2-3H3. The van der Waals surface area contributed by atoms with Gasteiger partial charge < -0.3 is 4.52 Å². The molecule has 0 heterocycles. The third kappa shape index (κ3) is 2.25. The fourth-order valence-corrected chi connectivity index (χ4v) is 2.86. The predicted octanol–water partition coefficient (Wildman–Crippen LogP) is 2.34. The topological polar surface area (TPSA) is 43.4 Å². The van der Waals surface area contributed by atoms with Crippen molar-refractivity contribution >= 4 is 18.2 Å². The zero-order valence-corrected chi connectivity index (χ0v) is 9.66. The van der Waals surface area contributed by atoms with Crippen LogP contribution in [0.3, 0.4) is 0 Å². The van der Waals surface area contributed by atoms with E-state index in [4.69, 9.17) is 4.52 Å². The van der Waals surface area contributed by atoms with Crippen molar-refractivity contribution in [3.63, 3.8) is 0 Å². The lowest BCUT2D eigenvalue weighted by atomic mass is 10.4. The fourth-order valence-electron chi connectivity index (χ4n) is 1.18. The molecule has 80 valence electrons. The third-order valence-corrected chi connectivity index (χ3v) is 4.39. The van der Waals surface area contributed by atoms with E-state index in [0.29, 0.717) is 5.30 Å². The Morgan fingerprint density at radius 2 is 1.87 bits per heavy atom. The monoisotopic (exact) mass is 224 g/mol. The number of rotatable bonds is 4. The first-order valence-electron chi connectivity index (χ1n) is 4.44. The largest absolute Gasteiger partial charge is 0.323 e. The molecule has 0 aliphatic rings. The van der Waals surface area contributed by atoms with Gasteiger partial charge in [0.2, 0.25) is 5.52 Å². The number of allylic oxidation sites excluding steroid dienone is 1. The first-order chi connectivity index (χ1) is 7.02. The van der Waals surface area contributed by atoms with E-state index in [1.165, 1.54) is 14.0 Å². The Kier molecular flexibility index (Phi) is 3.61. The van der Waals surface area contributed by atoms with E-state index in [1.807, 2.05) is 0 Å². The zero-order chi connectivity index (χ0) is 11.5. The van der Waals surface area contributed by atoms with Crippen LogP contribution in [0.5, 0.6) is 0 Å². The molecule has 0 aliphatic carbocycles. The van der Waals surface area contributed by atoms with Crippen molar-refractivity contribution in [2.45, 2.75) is 6.92 Å². The summed E-state index contributed by atoms with van der Waals surface area (Å²) in [7, 11) is -2.17. The van der Waals surface area contributed by atoms with Crippen LogP contribution in [0.2, 0.25) is 0 Å². The second-order valence-electron chi connectivity index (χ2n) is 3.16. The van der Waals surface area contributed by atoms with Gasteiger partial charge in [-0.2, -0.15) is 0 Å². The maximum atomic E-state index is 12.3. The first-order valence-corrected chi connectivity index (χ1v) is 6.06. The van der Waals surface area contributed by atoms with Gasteiger partial charge in [0.25, 0.3) is 7.37 Å². The molecule has 4 heteroatoms. The van der Waals surface area contributed by atoms with Gasteiger partial charge in [-0.1, -0.05) is 24.8 Å². The molecule has 3 nitrogen and oxygen atoms in total. The highest BCUT2D eigenvalue weighted by Gasteiger charge is 2.33. The highest BCUT2D eigenvalue weighted by molar-refractivity contribution is 7.83. The van der Waals surface area contributed by atoms with Crippen LogP contribution in [-0.4, -0.2) is 12.6 Å². The lowest BCUT2D eigenvalue weighted by molar-refractivity contribution is -0.109. The summed E-state index contributed by atoms with van der Waals surface area (Å²) in [5.41, 5.74) is -0.291. The minimum Gasteiger partial charge on any atom is -0.323 e. The van der Waals surface area contributed by atoms with Crippen molar-refractivity contribution < 1.29 is 13.9 Å². The average Bonchev–Trinajstić information content (AvgIpc) is 2.28. The highest BCUT2D eigenvalue weighted by atomic mass is 31.2. The lowest BCUT2D eigenvalue weighted by Gasteiger charge is -2.14. The molecule has 1 aromatic carbocycles. The van der Waals surface area contributed by atoms with Crippen LogP contribution in [0.15, 0.2) is 42.5 Å². The second kappa shape index (κ2) is 4.56. The second-order valence-corrected chi connectivity index (χ2v) is 5.55. The normalized spacial score (nSPS) is 14.3. The molecule has 15 heavy (non-hydrogen) atoms. The van der Waals surface area contributed by atoms with Gasteiger partial charge >= 0.3 is 0 Å². The quantitative estimate of drug-likeness (QED) is 0.582. The van der Waals surface area contributed by atoms with Crippen molar-refractivity contribution in [3.05, 3.63) is 42.5 Å². The molecule has 0 amide bonds. The smallest absolute Gasteiger partial charge is 0.300 e. The van der Waals surface area contributed by atoms with E-state index in [-0.39, 0.29) is 5.57 Å². The number of hydrogen-bond donors (Lipinski definition) is 0. The van der Waals surface area contributed by atoms with Crippen molar-refractivity contribution in [1.29, 1.82) is 0 Å². The Hall–Kier alpha value is -1.18. The maximum Gasteiger partial charge on any atom is 0.300 e. The summed E-state index contributed by atoms with van der Waals surface area (Å²) in [6.07, 6.45) is 0. The Morgan fingerprint density at radius 3 is 2.27 bits per heavy atom. The van der Waals surface area contributed by atoms with Gasteiger partial charge in [-0.3, -0.25) is 9.36 Å². The number of benzene rings is 1. The molecule has 0 saturated carbocycles. The summed E-state index contributed by atoms with van der Waals surface area (Å²) in [5.74, 6) is 0. The molecule has 1 unspecified atom stereocenters. The van der Waals surface area contributed by atoms with E-state index in [0.717, 1.165) is 0 Å².